The molecule has 1 aliphatic rings. The normalized spacial score (nSPS) is 13.0. The van der Waals surface area contributed by atoms with Crippen molar-refractivity contribution in [2.24, 2.45) is 0 Å². The number of nitrogens with zero attached hydrogens (tertiary/aromatic N) is 2. The van der Waals surface area contributed by atoms with Crippen LogP contribution >= 0.6 is 23.1 Å². The molecule has 0 atom stereocenters. The summed E-state index contributed by atoms with van der Waals surface area (Å²) >= 11 is 3.19. The Kier molecular flexibility index (Phi) is 6.59. The van der Waals surface area contributed by atoms with Crippen molar-refractivity contribution in [3.8, 4) is 11.5 Å². The van der Waals surface area contributed by atoms with Gasteiger partial charge in [0.15, 0.2) is 16.6 Å². The summed E-state index contributed by atoms with van der Waals surface area (Å²) in [5, 5.41) is 2.73. The molecule has 0 bridgehead atoms. The number of amides is 1. The Morgan fingerprint density at radius 2 is 1.97 bits per heavy atom. The number of fused-ring (bicyclic) bond motifs is 1. The lowest BCUT2D eigenvalue weighted by Crippen LogP contribution is -2.23. The first-order chi connectivity index (χ1) is 14.7. The number of carbonyl (C=O) groups excluding carboxylic acids is 1. The summed E-state index contributed by atoms with van der Waals surface area (Å²) in [7, 11) is 0. The number of aryl methyl sites for hydroxylation is 1. The van der Waals surface area contributed by atoms with Crippen molar-refractivity contribution in [2.45, 2.75) is 37.3 Å². The average molecular weight is 441 g/mol. The third kappa shape index (κ3) is 4.63. The molecule has 2 aromatic carbocycles. The Bertz CT molecular complexity index is 1030. The van der Waals surface area contributed by atoms with E-state index in [9.17, 15) is 4.79 Å². The van der Waals surface area contributed by atoms with Gasteiger partial charge in [0.2, 0.25) is 5.91 Å². The van der Waals surface area contributed by atoms with Crippen LogP contribution in [-0.2, 0) is 17.0 Å². The zero-order valence-electron chi connectivity index (χ0n) is 17.1. The SMILES string of the molecule is CCc1ccccc1N(C(C)=O)c1nc(CSc2ccc3c(c2)OCCCO3)cs1. The smallest absolute Gasteiger partial charge is 0.230 e. The van der Waals surface area contributed by atoms with E-state index >= 15 is 0 Å². The van der Waals surface area contributed by atoms with Crippen LogP contribution in [0.4, 0.5) is 10.8 Å². The van der Waals surface area contributed by atoms with E-state index in [1.807, 2.05) is 41.8 Å². The van der Waals surface area contributed by atoms with Gasteiger partial charge in [-0.3, -0.25) is 9.69 Å². The zero-order chi connectivity index (χ0) is 20.9. The van der Waals surface area contributed by atoms with Crippen LogP contribution in [0.2, 0.25) is 0 Å². The molecular formula is C23H24N2O3S2. The van der Waals surface area contributed by atoms with Crippen LogP contribution in [0.5, 0.6) is 11.5 Å². The maximum absolute atomic E-state index is 12.4. The highest BCUT2D eigenvalue weighted by Gasteiger charge is 2.20. The number of benzene rings is 2. The molecule has 0 unspecified atom stereocenters. The number of thiazole rings is 1. The molecule has 0 saturated carbocycles. The number of carbonyl (C=O) groups is 1. The summed E-state index contributed by atoms with van der Waals surface area (Å²) in [6, 6.07) is 14.0. The molecule has 4 rings (SSSR count). The molecule has 1 aliphatic heterocycles. The van der Waals surface area contributed by atoms with Crippen LogP contribution < -0.4 is 14.4 Å². The second kappa shape index (κ2) is 9.53. The molecule has 156 valence electrons. The topological polar surface area (TPSA) is 51.7 Å². The maximum Gasteiger partial charge on any atom is 0.230 e. The monoisotopic (exact) mass is 440 g/mol. The quantitative estimate of drug-likeness (QED) is 0.451. The molecule has 0 saturated heterocycles. The van der Waals surface area contributed by atoms with E-state index in [2.05, 4.69) is 13.0 Å². The second-order valence-corrected chi connectivity index (χ2v) is 8.79. The van der Waals surface area contributed by atoms with Crippen LogP contribution in [0.1, 0.15) is 31.5 Å². The minimum atomic E-state index is -0.0349. The van der Waals surface area contributed by atoms with Gasteiger partial charge in [0, 0.05) is 29.4 Å². The minimum absolute atomic E-state index is 0.0349. The zero-order valence-corrected chi connectivity index (χ0v) is 18.7. The minimum Gasteiger partial charge on any atom is -0.490 e. The highest BCUT2D eigenvalue weighted by Crippen LogP contribution is 2.36. The number of hydrogen-bond acceptors (Lipinski definition) is 6. The van der Waals surface area contributed by atoms with Gasteiger partial charge >= 0.3 is 0 Å². The third-order valence-electron chi connectivity index (χ3n) is 4.76. The Hall–Kier alpha value is -2.51. The van der Waals surface area contributed by atoms with E-state index in [1.165, 1.54) is 11.3 Å². The molecule has 5 nitrogen and oxygen atoms in total. The summed E-state index contributed by atoms with van der Waals surface area (Å²) in [6.07, 6.45) is 1.75. The average Bonchev–Trinajstić information content (AvgIpc) is 3.08. The third-order valence-corrected chi connectivity index (χ3v) is 6.67. The predicted molar refractivity (Wildman–Crippen MR) is 122 cm³/mol. The van der Waals surface area contributed by atoms with Crippen LogP contribution in [-0.4, -0.2) is 24.1 Å². The van der Waals surface area contributed by atoms with Crippen molar-refractivity contribution in [1.82, 2.24) is 4.98 Å². The molecule has 3 aromatic rings. The van der Waals surface area contributed by atoms with Crippen molar-refractivity contribution < 1.29 is 14.3 Å². The summed E-state index contributed by atoms with van der Waals surface area (Å²) in [5.74, 6) is 2.29. The number of aromatic nitrogens is 1. The maximum atomic E-state index is 12.4. The van der Waals surface area contributed by atoms with Crippen molar-refractivity contribution in [2.75, 3.05) is 18.1 Å². The number of para-hydroxylation sites is 1. The van der Waals surface area contributed by atoms with Crippen molar-refractivity contribution in [1.29, 1.82) is 0 Å². The van der Waals surface area contributed by atoms with Gasteiger partial charge < -0.3 is 9.47 Å². The molecule has 1 amide bonds. The van der Waals surface area contributed by atoms with Gasteiger partial charge in [-0.05, 0) is 36.2 Å². The lowest BCUT2D eigenvalue weighted by atomic mass is 10.1. The first-order valence-electron chi connectivity index (χ1n) is 10.0. The highest BCUT2D eigenvalue weighted by atomic mass is 32.2. The molecule has 2 heterocycles. The second-order valence-electron chi connectivity index (χ2n) is 6.91. The number of anilines is 2. The molecule has 0 fully saturated rings. The van der Waals surface area contributed by atoms with Gasteiger partial charge in [-0.15, -0.1) is 23.1 Å². The van der Waals surface area contributed by atoms with E-state index in [-0.39, 0.29) is 5.91 Å². The Morgan fingerprint density at radius 3 is 2.77 bits per heavy atom. The van der Waals surface area contributed by atoms with Crippen LogP contribution in [0.3, 0.4) is 0 Å². The Balaban J connectivity index is 1.49. The molecule has 7 heteroatoms. The van der Waals surface area contributed by atoms with E-state index in [1.54, 1.807) is 23.6 Å². The largest absolute Gasteiger partial charge is 0.490 e. The number of ether oxygens (including phenoxy) is 2. The standard InChI is InChI=1S/C23H24N2O3S2/c1-3-17-7-4-5-8-20(17)25(16(2)26)23-24-18(15-30-23)14-29-19-9-10-21-22(13-19)28-12-6-11-27-21/h4-5,7-10,13,15H,3,6,11-12,14H2,1-2H3. The molecule has 30 heavy (non-hydrogen) atoms. The lowest BCUT2D eigenvalue weighted by Gasteiger charge is -2.20. The molecule has 1 aromatic heterocycles. The van der Waals surface area contributed by atoms with Crippen LogP contribution in [0.15, 0.2) is 52.7 Å². The lowest BCUT2D eigenvalue weighted by molar-refractivity contribution is -0.115. The van der Waals surface area contributed by atoms with Crippen LogP contribution in [0.25, 0.3) is 0 Å². The van der Waals surface area contributed by atoms with Gasteiger partial charge in [0.05, 0.1) is 24.6 Å². The summed E-state index contributed by atoms with van der Waals surface area (Å²) < 4.78 is 11.5. The summed E-state index contributed by atoms with van der Waals surface area (Å²) in [5.41, 5.74) is 2.99. The van der Waals surface area contributed by atoms with Crippen molar-refractivity contribution >= 4 is 39.8 Å². The highest BCUT2D eigenvalue weighted by molar-refractivity contribution is 7.98. The van der Waals surface area contributed by atoms with Crippen molar-refractivity contribution in [3.63, 3.8) is 0 Å². The predicted octanol–water partition coefficient (Wildman–Crippen LogP) is 5.84. The molecule has 0 N–H and O–H groups in total. The fourth-order valence-electron chi connectivity index (χ4n) is 3.29. The molecule has 0 spiro atoms. The number of thioether (sulfide) groups is 1. The number of hydrogen-bond donors (Lipinski definition) is 0. The fourth-order valence-corrected chi connectivity index (χ4v) is 5.09. The van der Waals surface area contributed by atoms with Crippen molar-refractivity contribution in [3.05, 3.63) is 59.1 Å². The Morgan fingerprint density at radius 1 is 1.17 bits per heavy atom. The van der Waals surface area contributed by atoms with Gasteiger partial charge in [-0.2, -0.15) is 0 Å². The van der Waals surface area contributed by atoms with Crippen LogP contribution in [0, 0.1) is 0 Å². The number of rotatable bonds is 6. The van der Waals surface area contributed by atoms with Gasteiger partial charge in [-0.1, -0.05) is 25.1 Å². The Labute approximate surface area is 185 Å². The summed E-state index contributed by atoms with van der Waals surface area (Å²) in [4.78, 5) is 20.0. The fraction of sp³-hybridized carbons (Fsp3) is 0.304. The van der Waals surface area contributed by atoms with E-state index in [4.69, 9.17) is 14.5 Å². The first-order valence-corrected chi connectivity index (χ1v) is 11.9. The molecular weight excluding hydrogens is 416 g/mol. The van der Waals surface area contributed by atoms with Gasteiger partial charge in [0.1, 0.15) is 0 Å². The molecule has 0 radical (unpaired) electrons. The molecule has 0 aliphatic carbocycles. The summed E-state index contributed by atoms with van der Waals surface area (Å²) in [6.45, 7) is 5.04. The van der Waals surface area contributed by atoms with E-state index in [0.29, 0.717) is 18.3 Å². The van der Waals surface area contributed by atoms with E-state index in [0.717, 1.165) is 51.9 Å². The van der Waals surface area contributed by atoms with E-state index < -0.39 is 0 Å². The van der Waals surface area contributed by atoms with Gasteiger partial charge in [-0.25, -0.2) is 4.98 Å². The first kappa shape index (κ1) is 20.8. The van der Waals surface area contributed by atoms with Gasteiger partial charge in [0.25, 0.3) is 0 Å².